The van der Waals surface area contributed by atoms with Crippen LogP contribution in [0.1, 0.15) is 65.8 Å². The number of carboxylic acid groups (broad SMARTS) is 1. The van der Waals surface area contributed by atoms with Crippen LogP contribution >= 0.6 is 15.9 Å². The summed E-state index contributed by atoms with van der Waals surface area (Å²) in [5.41, 5.74) is 1.59. The molecule has 40 heavy (non-hydrogen) atoms. The minimum absolute atomic E-state index is 0.0555. The summed E-state index contributed by atoms with van der Waals surface area (Å²) in [4.78, 5) is 36.1. The van der Waals surface area contributed by atoms with Crippen molar-refractivity contribution in [3.05, 3.63) is 83.7 Å². The molecule has 1 aromatic heterocycles. The summed E-state index contributed by atoms with van der Waals surface area (Å²) in [5.74, 6) is 1.19. The van der Waals surface area contributed by atoms with Crippen molar-refractivity contribution >= 4 is 39.3 Å². The van der Waals surface area contributed by atoms with Crippen molar-refractivity contribution in [2.75, 3.05) is 37.4 Å². The van der Waals surface area contributed by atoms with Gasteiger partial charge in [0.2, 0.25) is 5.76 Å². The third-order valence-electron chi connectivity index (χ3n) is 6.53. The number of esters is 1. The smallest absolute Gasteiger partial charge is 0.360 e. The van der Waals surface area contributed by atoms with Crippen LogP contribution in [0.3, 0.4) is 0 Å². The molecule has 0 spiro atoms. The van der Waals surface area contributed by atoms with E-state index < -0.39 is 18.0 Å². The number of rotatable bonds is 10. The number of aromatic nitrogens is 1. The molecule has 1 aliphatic rings. The van der Waals surface area contributed by atoms with E-state index in [1.54, 1.807) is 19.1 Å². The molecule has 9 nitrogen and oxygen atoms in total. The van der Waals surface area contributed by atoms with Crippen molar-refractivity contribution in [2.24, 2.45) is 5.92 Å². The number of ether oxygens (including phenoxy) is 1. The molecule has 0 saturated carbocycles. The number of carboxylic acids is 1. The zero-order valence-electron chi connectivity index (χ0n) is 23.3. The standard InChI is InChI=1S/C15H22N2O4.C14H13NO2.CH3Br/c1-3-11-5-7-17(8-6-11)10-13(18)14-9-12(16-21-14)15(19)20-4-2;16-14(17)13(11-7-3-1-4-8-11)15-12-9-5-2-6-10-12;1-2/h9,11H,3-8,10H2,1-2H3;1-10,13,15H,(H,16,17);1H3/p+1. The van der Waals surface area contributed by atoms with Crippen molar-refractivity contribution < 1.29 is 33.7 Å². The van der Waals surface area contributed by atoms with Gasteiger partial charge in [-0.1, -0.05) is 83.0 Å². The van der Waals surface area contributed by atoms with Gasteiger partial charge in [0.15, 0.2) is 11.7 Å². The highest BCUT2D eigenvalue weighted by atomic mass is 79.9. The molecule has 0 aliphatic carbocycles. The summed E-state index contributed by atoms with van der Waals surface area (Å²) in [7, 11) is 0. The van der Waals surface area contributed by atoms with Gasteiger partial charge in [0.1, 0.15) is 6.54 Å². The van der Waals surface area contributed by atoms with Crippen molar-refractivity contribution in [3.8, 4) is 0 Å². The highest BCUT2D eigenvalue weighted by molar-refractivity contribution is 9.08. The quantitative estimate of drug-likeness (QED) is 0.170. The zero-order valence-corrected chi connectivity index (χ0v) is 24.9. The summed E-state index contributed by atoms with van der Waals surface area (Å²) in [6.07, 6.45) is 3.55. The lowest BCUT2D eigenvalue weighted by Crippen LogP contribution is -3.13. The Morgan fingerprint density at radius 2 is 1.65 bits per heavy atom. The number of hydrogen-bond acceptors (Lipinski definition) is 7. The highest BCUT2D eigenvalue weighted by Crippen LogP contribution is 2.19. The number of alkyl halides is 1. The molecule has 216 valence electrons. The van der Waals surface area contributed by atoms with E-state index in [-0.39, 0.29) is 23.8 Å². The number of nitrogens with zero attached hydrogens (tertiary/aromatic N) is 1. The maximum atomic E-state index is 12.2. The van der Waals surface area contributed by atoms with E-state index in [9.17, 15) is 19.5 Å². The second-order valence-corrected chi connectivity index (χ2v) is 9.19. The van der Waals surface area contributed by atoms with Gasteiger partial charge in [0.25, 0.3) is 5.78 Å². The lowest BCUT2D eigenvalue weighted by molar-refractivity contribution is -0.897. The predicted octanol–water partition coefficient (Wildman–Crippen LogP) is 4.67. The summed E-state index contributed by atoms with van der Waals surface area (Å²) >= 11 is 2.94. The van der Waals surface area contributed by atoms with Gasteiger partial charge in [-0.2, -0.15) is 0 Å². The largest absolute Gasteiger partial charge is 0.479 e. The molecule has 1 fully saturated rings. The number of Topliss-reactive ketones (excluding diaryl/α,β-unsaturated/α-hetero) is 1. The number of nitrogens with one attached hydrogen (secondary N) is 2. The monoisotopic (exact) mass is 616 g/mol. The molecular formula is C30H39BrN3O6+. The number of anilines is 1. The number of halogens is 1. The summed E-state index contributed by atoms with van der Waals surface area (Å²) in [6, 6.07) is 19.1. The summed E-state index contributed by atoms with van der Waals surface area (Å²) in [5, 5.41) is 15.8. The van der Waals surface area contributed by atoms with Gasteiger partial charge in [-0.3, -0.25) is 4.79 Å². The second-order valence-electron chi connectivity index (χ2n) is 9.19. The number of aliphatic carboxylic acids is 1. The molecule has 1 saturated heterocycles. The predicted molar refractivity (Wildman–Crippen MR) is 157 cm³/mol. The Kier molecular flexibility index (Phi) is 14.7. The lowest BCUT2D eigenvalue weighted by atomic mass is 9.94. The summed E-state index contributed by atoms with van der Waals surface area (Å²) < 4.78 is 9.78. The maximum Gasteiger partial charge on any atom is 0.360 e. The zero-order chi connectivity index (χ0) is 29.3. The first kappa shape index (κ1) is 32.7. The molecule has 1 aliphatic heterocycles. The number of piperidine rings is 1. The highest BCUT2D eigenvalue weighted by Gasteiger charge is 2.26. The first-order chi connectivity index (χ1) is 19.4. The van der Waals surface area contributed by atoms with Crippen LogP contribution in [0.4, 0.5) is 5.69 Å². The Morgan fingerprint density at radius 1 is 1.05 bits per heavy atom. The molecule has 1 unspecified atom stereocenters. The van der Waals surface area contributed by atoms with E-state index in [0.717, 1.165) is 30.3 Å². The first-order valence-electron chi connectivity index (χ1n) is 13.4. The number of likely N-dealkylation sites (tertiary alicyclic amines) is 1. The Labute approximate surface area is 244 Å². The van der Waals surface area contributed by atoms with Crippen LogP contribution in [0.5, 0.6) is 0 Å². The number of ketones is 1. The van der Waals surface area contributed by atoms with Crippen LogP contribution in [-0.4, -0.2) is 60.1 Å². The molecule has 2 aromatic carbocycles. The van der Waals surface area contributed by atoms with Crippen LogP contribution in [0.2, 0.25) is 0 Å². The number of para-hydroxylation sites is 1. The molecule has 0 amide bonds. The average Bonchev–Trinajstić information content (AvgIpc) is 3.50. The Hall–Kier alpha value is -3.50. The fraction of sp³-hybridized carbons (Fsp3) is 0.400. The van der Waals surface area contributed by atoms with Crippen molar-refractivity contribution in [2.45, 2.75) is 39.2 Å². The molecule has 10 heteroatoms. The van der Waals surface area contributed by atoms with Gasteiger partial charge in [-0.05, 0) is 49.2 Å². The topological polar surface area (TPSA) is 123 Å². The van der Waals surface area contributed by atoms with Gasteiger partial charge in [-0.15, -0.1) is 0 Å². The van der Waals surface area contributed by atoms with Crippen LogP contribution in [0.15, 0.2) is 71.3 Å². The fourth-order valence-electron chi connectivity index (χ4n) is 4.33. The SMILES string of the molecule is CBr.CCOC(=O)c1cc(C(=O)C[NH+]2CCC(CC)CC2)on1.O=C(O)C(Nc1ccccc1)c1ccccc1. The first-order valence-corrected chi connectivity index (χ1v) is 15.0. The lowest BCUT2D eigenvalue weighted by Gasteiger charge is -2.27. The van der Waals surface area contributed by atoms with Crippen molar-refractivity contribution in [1.82, 2.24) is 5.16 Å². The summed E-state index contributed by atoms with van der Waals surface area (Å²) in [6.45, 7) is 6.63. The third kappa shape index (κ3) is 10.6. The van der Waals surface area contributed by atoms with E-state index in [1.165, 1.54) is 30.2 Å². The minimum Gasteiger partial charge on any atom is -0.479 e. The fourth-order valence-corrected chi connectivity index (χ4v) is 4.33. The van der Waals surface area contributed by atoms with E-state index >= 15 is 0 Å². The molecule has 0 radical (unpaired) electrons. The average molecular weight is 618 g/mol. The number of carbonyl (C=O) groups excluding carboxylic acids is 2. The molecule has 2 heterocycles. The van der Waals surface area contributed by atoms with Gasteiger partial charge in [0, 0.05) is 11.8 Å². The number of carbonyl (C=O) groups is 3. The van der Waals surface area contributed by atoms with E-state index in [2.05, 4.69) is 33.3 Å². The van der Waals surface area contributed by atoms with Crippen LogP contribution in [-0.2, 0) is 9.53 Å². The molecular weight excluding hydrogens is 578 g/mol. The maximum absolute atomic E-state index is 12.2. The van der Waals surface area contributed by atoms with Crippen molar-refractivity contribution in [1.29, 1.82) is 0 Å². The second kappa shape index (κ2) is 18.0. The molecule has 0 bridgehead atoms. The molecule has 3 N–H and O–H groups in total. The van der Waals surface area contributed by atoms with Gasteiger partial charge in [-0.25, -0.2) is 9.59 Å². The Morgan fingerprint density at radius 3 is 2.20 bits per heavy atom. The Balaban J connectivity index is 0.000000269. The van der Waals surface area contributed by atoms with E-state index in [0.29, 0.717) is 6.54 Å². The van der Waals surface area contributed by atoms with Gasteiger partial charge in [0.05, 0.1) is 19.7 Å². The minimum atomic E-state index is -0.889. The normalized spacial score (nSPS) is 16.7. The van der Waals surface area contributed by atoms with E-state index in [4.69, 9.17) is 9.26 Å². The molecule has 4 rings (SSSR count). The van der Waals surface area contributed by atoms with Crippen molar-refractivity contribution in [3.63, 3.8) is 0 Å². The number of benzene rings is 2. The van der Waals surface area contributed by atoms with E-state index in [1.807, 2.05) is 54.4 Å². The number of quaternary nitrogens is 1. The molecule has 3 aromatic rings. The number of hydrogen-bond donors (Lipinski definition) is 3. The van der Waals surface area contributed by atoms with Crippen LogP contribution in [0, 0.1) is 5.92 Å². The van der Waals surface area contributed by atoms with Gasteiger partial charge >= 0.3 is 11.9 Å². The van der Waals surface area contributed by atoms with Gasteiger partial charge < -0.3 is 24.6 Å². The third-order valence-corrected chi connectivity index (χ3v) is 6.53. The van der Waals surface area contributed by atoms with Crippen LogP contribution in [0.25, 0.3) is 0 Å². The molecule has 1 atom stereocenters. The Bertz CT molecular complexity index is 1160. The van der Waals surface area contributed by atoms with Crippen LogP contribution < -0.4 is 10.2 Å².